The maximum absolute atomic E-state index is 12.8. The summed E-state index contributed by atoms with van der Waals surface area (Å²) < 4.78 is 33.9. The number of rotatable bonds is 5. The summed E-state index contributed by atoms with van der Waals surface area (Å²) in [6, 6.07) is 1.55. The molecule has 0 saturated heterocycles. The van der Waals surface area contributed by atoms with E-state index in [-0.39, 0.29) is 23.1 Å². The number of esters is 1. The van der Waals surface area contributed by atoms with Crippen molar-refractivity contribution < 1.29 is 17.9 Å². The Morgan fingerprint density at radius 3 is 2.93 bits per heavy atom. The van der Waals surface area contributed by atoms with Crippen molar-refractivity contribution in [2.75, 3.05) is 6.61 Å². The third-order valence-electron chi connectivity index (χ3n) is 3.67. The van der Waals surface area contributed by atoms with Gasteiger partial charge in [0.1, 0.15) is 5.92 Å². The summed E-state index contributed by atoms with van der Waals surface area (Å²) in [4.78, 5) is 17.9. The quantitative estimate of drug-likeness (QED) is 0.394. The number of ether oxygens (including phenoxy) is 1. The highest BCUT2D eigenvalue weighted by Gasteiger charge is 2.49. The first-order valence-corrected chi connectivity index (χ1v) is 9.84. The Bertz CT molecular complexity index is 1030. The minimum Gasteiger partial charge on any atom is -0.465 e. The van der Waals surface area contributed by atoms with Gasteiger partial charge < -0.3 is 10.5 Å². The van der Waals surface area contributed by atoms with Crippen LogP contribution in [0.5, 0.6) is 0 Å². The number of carbonyl (C=O) groups is 1. The Balaban J connectivity index is 2.03. The average molecular weight is 433 g/mol. The largest absolute Gasteiger partial charge is 0.465 e. The zero-order valence-corrected chi connectivity index (χ0v) is 16.2. The second kappa shape index (κ2) is 7.08. The van der Waals surface area contributed by atoms with Crippen molar-refractivity contribution in [1.29, 1.82) is 0 Å². The third-order valence-corrected chi connectivity index (χ3v) is 5.89. The number of sulfonamides is 1. The van der Waals surface area contributed by atoms with Crippen molar-refractivity contribution in [3.05, 3.63) is 41.3 Å². The van der Waals surface area contributed by atoms with Crippen molar-refractivity contribution in [2.45, 2.75) is 17.1 Å². The van der Waals surface area contributed by atoms with Crippen LogP contribution >= 0.6 is 23.2 Å². The van der Waals surface area contributed by atoms with Crippen LogP contribution in [0.1, 0.15) is 6.92 Å². The number of hydrogen-bond donors (Lipinski definition) is 2. The van der Waals surface area contributed by atoms with Gasteiger partial charge in [-0.15, -0.1) is 5.10 Å². The number of carbonyl (C=O) groups excluding carboxylic acids is 1. The molecule has 0 saturated carbocycles. The molecule has 2 heterocycles. The lowest BCUT2D eigenvalue weighted by molar-refractivity contribution is -0.147. The lowest BCUT2D eigenvalue weighted by Crippen LogP contribution is -2.56. The number of allylic oxidation sites excluding steroid dienone is 2. The molecule has 144 valence electrons. The molecule has 0 radical (unpaired) electrons. The third kappa shape index (κ3) is 3.50. The molecule has 0 aliphatic heterocycles. The van der Waals surface area contributed by atoms with Gasteiger partial charge in [-0.2, -0.15) is 9.71 Å². The molecule has 10 nitrogen and oxygen atoms in total. The van der Waals surface area contributed by atoms with Crippen LogP contribution in [0.4, 0.5) is 0 Å². The summed E-state index contributed by atoms with van der Waals surface area (Å²) in [6.45, 7) is 1.67. The molecule has 13 heteroatoms. The SMILES string of the molecule is CCOC(=O)C1C=CC(Cl)=C(N)C1(Cl)NS(=O)(=O)c1nc2ncccn2n1. The predicted molar refractivity (Wildman–Crippen MR) is 96.0 cm³/mol. The lowest BCUT2D eigenvalue weighted by atomic mass is 9.92. The van der Waals surface area contributed by atoms with E-state index in [0.29, 0.717) is 0 Å². The number of fused-ring (bicyclic) bond motifs is 1. The number of nitrogens with two attached hydrogens (primary N) is 1. The van der Waals surface area contributed by atoms with Gasteiger partial charge in [0.15, 0.2) is 5.00 Å². The Kier molecular flexibility index (Phi) is 5.12. The summed E-state index contributed by atoms with van der Waals surface area (Å²) in [5, 5.41) is 3.23. The van der Waals surface area contributed by atoms with Gasteiger partial charge in [0.25, 0.3) is 21.0 Å². The molecule has 27 heavy (non-hydrogen) atoms. The fourth-order valence-corrected chi connectivity index (χ4v) is 4.36. The molecule has 0 bridgehead atoms. The van der Waals surface area contributed by atoms with Gasteiger partial charge in [-0.05, 0) is 19.1 Å². The molecule has 1 aliphatic rings. The van der Waals surface area contributed by atoms with Gasteiger partial charge in [-0.1, -0.05) is 29.3 Å². The standard InChI is InChI=1S/C14H14Cl2N6O4S/c1-2-26-11(23)8-4-5-9(15)10(17)14(8,16)21-27(24,25)13-19-12-18-6-3-7-22(12)20-13/h3-8,21H,2,17H2,1H3. The molecular weight excluding hydrogens is 419 g/mol. The molecular formula is C14H14Cl2N6O4S. The molecule has 2 aromatic heterocycles. The summed E-state index contributed by atoms with van der Waals surface area (Å²) in [6.07, 6.45) is 5.56. The Labute approximate surface area is 164 Å². The zero-order chi connectivity index (χ0) is 19.8. The van der Waals surface area contributed by atoms with Crippen LogP contribution in [0.3, 0.4) is 0 Å². The molecule has 0 aromatic carbocycles. The molecule has 2 atom stereocenters. The van der Waals surface area contributed by atoms with E-state index in [9.17, 15) is 13.2 Å². The number of nitrogens with one attached hydrogen (secondary N) is 1. The number of halogens is 2. The van der Waals surface area contributed by atoms with Gasteiger partial charge in [-0.25, -0.2) is 17.9 Å². The van der Waals surface area contributed by atoms with Gasteiger partial charge in [-0.3, -0.25) is 4.79 Å². The second-order valence-electron chi connectivity index (χ2n) is 5.43. The van der Waals surface area contributed by atoms with Gasteiger partial charge in [0.2, 0.25) is 0 Å². The molecule has 0 spiro atoms. The monoisotopic (exact) mass is 432 g/mol. The highest BCUT2D eigenvalue weighted by atomic mass is 35.5. The van der Waals surface area contributed by atoms with Gasteiger partial charge >= 0.3 is 5.97 Å². The van der Waals surface area contributed by atoms with Crippen molar-refractivity contribution in [3.8, 4) is 0 Å². The first-order chi connectivity index (χ1) is 12.7. The van der Waals surface area contributed by atoms with Crippen LogP contribution in [-0.4, -0.2) is 45.6 Å². The molecule has 3 N–H and O–H groups in total. The second-order valence-corrected chi connectivity index (χ2v) is 8.01. The van der Waals surface area contributed by atoms with Crippen molar-refractivity contribution >= 4 is 45.0 Å². The van der Waals surface area contributed by atoms with Crippen LogP contribution < -0.4 is 10.5 Å². The topological polar surface area (TPSA) is 142 Å². The molecule has 1 aliphatic carbocycles. The van der Waals surface area contributed by atoms with E-state index < -0.39 is 32.1 Å². The highest BCUT2D eigenvalue weighted by molar-refractivity contribution is 7.89. The zero-order valence-electron chi connectivity index (χ0n) is 13.8. The van der Waals surface area contributed by atoms with Gasteiger partial charge in [0.05, 0.1) is 17.3 Å². The first kappa shape index (κ1) is 19.5. The predicted octanol–water partition coefficient (Wildman–Crippen LogP) is 0.496. The van der Waals surface area contributed by atoms with E-state index >= 15 is 0 Å². The average Bonchev–Trinajstić information content (AvgIpc) is 3.05. The lowest BCUT2D eigenvalue weighted by Gasteiger charge is -2.35. The van der Waals surface area contributed by atoms with E-state index in [0.717, 1.165) is 0 Å². The van der Waals surface area contributed by atoms with Crippen LogP contribution in [-0.2, 0) is 19.6 Å². The van der Waals surface area contributed by atoms with Gasteiger partial charge in [0, 0.05) is 12.4 Å². The van der Waals surface area contributed by atoms with E-state index in [1.807, 2.05) is 0 Å². The van der Waals surface area contributed by atoms with Crippen LogP contribution in [0, 0.1) is 5.92 Å². The van der Waals surface area contributed by atoms with E-state index in [1.54, 1.807) is 13.0 Å². The maximum atomic E-state index is 12.8. The molecule has 0 fully saturated rings. The number of alkyl halides is 1. The van der Waals surface area contributed by atoms with E-state index in [2.05, 4.69) is 19.8 Å². The smallest absolute Gasteiger partial charge is 0.316 e. The normalized spacial score (nSPS) is 23.0. The van der Waals surface area contributed by atoms with Crippen molar-refractivity contribution in [1.82, 2.24) is 24.3 Å². The highest BCUT2D eigenvalue weighted by Crippen LogP contribution is 2.38. The molecule has 2 unspecified atom stereocenters. The Morgan fingerprint density at radius 2 is 2.26 bits per heavy atom. The number of hydrogen-bond acceptors (Lipinski definition) is 8. The minimum absolute atomic E-state index is 0.0159. The van der Waals surface area contributed by atoms with E-state index in [1.165, 1.54) is 29.1 Å². The summed E-state index contributed by atoms with van der Waals surface area (Å²) in [5.74, 6) is -1.97. The van der Waals surface area contributed by atoms with Crippen LogP contribution in [0.15, 0.2) is 46.5 Å². The number of nitrogens with zero attached hydrogens (tertiary/aromatic N) is 4. The molecule has 0 amide bonds. The summed E-state index contributed by atoms with van der Waals surface area (Å²) in [5.41, 5.74) is 5.66. The maximum Gasteiger partial charge on any atom is 0.316 e. The van der Waals surface area contributed by atoms with Crippen molar-refractivity contribution in [2.24, 2.45) is 11.7 Å². The first-order valence-electron chi connectivity index (χ1n) is 7.60. The van der Waals surface area contributed by atoms with Crippen molar-refractivity contribution in [3.63, 3.8) is 0 Å². The Hall–Kier alpha value is -2.21. The number of aromatic nitrogens is 4. The minimum atomic E-state index is -4.40. The summed E-state index contributed by atoms with van der Waals surface area (Å²) >= 11 is 12.5. The summed E-state index contributed by atoms with van der Waals surface area (Å²) in [7, 11) is -4.40. The fraction of sp³-hybridized carbons (Fsp3) is 0.286. The van der Waals surface area contributed by atoms with E-state index in [4.69, 9.17) is 33.7 Å². The van der Waals surface area contributed by atoms with Crippen LogP contribution in [0.25, 0.3) is 5.78 Å². The molecule has 3 rings (SSSR count). The van der Waals surface area contributed by atoms with Crippen LogP contribution in [0.2, 0.25) is 0 Å². The Morgan fingerprint density at radius 1 is 1.52 bits per heavy atom. The molecule has 2 aromatic rings. The fourth-order valence-electron chi connectivity index (χ4n) is 2.40.